The Morgan fingerprint density at radius 1 is 1.32 bits per heavy atom. The lowest BCUT2D eigenvalue weighted by Gasteiger charge is -2.26. The number of aromatic nitrogens is 2. The lowest BCUT2D eigenvalue weighted by Crippen LogP contribution is -2.35. The molecular weight excluding hydrogens is 358 g/mol. The van der Waals surface area contributed by atoms with Crippen molar-refractivity contribution in [1.29, 1.82) is 0 Å². The number of hydrogen-bond donors (Lipinski definition) is 1. The molecule has 3 heterocycles. The molecule has 1 unspecified atom stereocenters. The van der Waals surface area contributed by atoms with Crippen molar-refractivity contribution < 1.29 is 4.79 Å². The van der Waals surface area contributed by atoms with Crippen LogP contribution in [0.3, 0.4) is 0 Å². The molecule has 0 aliphatic carbocycles. The summed E-state index contributed by atoms with van der Waals surface area (Å²) in [4.78, 5) is 30.5. The lowest BCUT2D eigenvalue weighted by atomic mass is 10.0. The molecule has 5 nitrogen and oxygen atoms in total. The lowest BCUT2D eigenvalue weighted by molar-refractivity contribution is 0.0933. The Balaban J connectivity index is 1.67. The fourth-order valence-corrected chi connectivity index (χ4v) is 4.22. The van der Waals surface area contributed by atoms with Crippen LogP contribution in [0.5, 0.6) is 0 Å². The number of amides is 1. The monoisotopic (exact) mass is 371 g/mol. The molecule has 0 radical (unpaired) electrons. The highest BCUT2D eigenvalue weighted by Crippen LogP contribution is 2.37. The minimum atomic E-state index is -0.418. The SMILES string of the molecule is O=C(NC1CCSc2ccc(Cl)cc21)c1cnc2ccccn2c1=O. The van der Waals surface area contributed by atoms with Gasteiger partial charge in [0.2, 0.25) is 0 Å². The van der Waals surface area contributed by atoms with Gasteiger partial charge in [-0.2, -0.15) is 0 Å². The van der Waals surface area contributed by atoms with Crippen LogP contribution in [-0.2, 0) is 0 Å². The van der Waals surface area contributed by atoms with Gasteiger partial charge in [0.1, 0.15) is 11.2 Å². The summed E-state index contributed by atoms with van der Waals surface area (Å²) in [5.74, 6) is 0.479. The van der Waals surface area contributed by atoms with Gasteiger partial charge >= 0.3 is 0 Å². The Morgan fingerprint density at radius 3 is 3.08 bits per heavy atom. The number of fused-ring (bicyclic) bond motifs is 2. The summed E-state index contributed by atoms with van der Waals surface area (Å²) in [5, 5.41) is 3.59. The van der Waals surface area contributed by atoms with Crippen LogP contribution >= 0.6 is 23.4 Å². The summed E-state index contributed by atoms with van der Waals surface area (Å²) < 4.78 is 1.37. The van der Waals surface area contributed by atoms with Crippen LogP contribution in [0.15, 0.2) is 58.5 Å². The van der Waals surface area contributed by atoms with Gasteiger partial charge in [-0.3, -0.25) is 14.0 Å². The highest BCUT2D eigenvalue weighted by atomic mass is 35.5. The van der Waals surface area contributed by atoms with Crippen molar-refractivity contribution in [2.45, 2.75) is 17.4 Å². The van der Waals surface area contributed by atoms with E-state index in [-0.39, 0.29) is 17.2 Å². The summed E-state index contributed by atoms with van der Waals surface area (Å²) in [5.41, 5.74) is 1.16. The first-order chi connectivity index (χ1) is 12.1. The normalized spacial score (nSPS) is 16.4. The van der Waals surface area contributed by atoms with Gasteiger partial charge in [0.15, 0.2) is 0 Å². The second kappa shape index (κ2) is 6.54. The zero-order valence-electron chi connectivity index (χ0n) is 13.1. The van der Waals surface area contributed by atoms with E-state index in [1.807, 2.05) is 18.2 Å². The van der Waals surface area contributed by atoms with Crippen LogP contribution in [0.2, 0.25) is 5.02 Å². The molecule has 0 fully saturated rings. The fourth-order valence-electron chi connectivity index (χ4n) is 2.93. The molecule has 1 amide bonds. The summed E-state index contributed by atoms with van der Waals surface area (Å²) in [6.45, 7) is 0. The molecule has 1 aliphatic heterocycles. The maximum atomic E-state index is 12.7. The minimum absolute atomic E-state index is 0.0329. The maximum absolute atomic E-state index is 12.7. The summed E-state index contributed by atoms with van der Waals surface area (Å²) in [6, 6.07) is 10.8. The summed E-state index contributed by atoms with van der Waals surface area (Å²) in [7, 11) is 0. The van der Waals surface area contributed by atoms with Crippen LogP contribution in [-0.4, -0.2) is 21.0 Å². The number of rotatable bonds is 2. The van der Waals surface area contributed by atoms with Gasteiger partial charge in [-0.15, -0.1) is 11.8 Å². The number of carbonyl (C=O) groups excluding carboxylic acids is 1. The van der Waals surface area contributed by atoms with Crippen molar-refractivity contribution in [2.75, 3.05) is 5.75 Å². The standard InChI is InChI=1S/C18H14ClN3O2S/c19-11-4-5-15-12(9-11)14(6-8-25-15)21-17(23)13-10-20-16-3-1-2-7-22(16)18(13)24/h1-5,7,9-10,14H,6,8H2,(H,21,23). The number of benzene rings is 1. The Bertz CT molecular complexity index is 1030. The zero-order valence-corrected chi connectivity index (χ0v) is 14.7. The van der Waals surface area contributed by atoms with Gasteiger partial charge in [0, 0.05) is 28.1 Å². The van der Waals surface area contributed by atoms with Crippen molar-refractivity contribution in [2.24, 2.45) is 0 Å². The van der Waals surface area contributed by atoms with E-state index >= 15 is 0 Å². The first-order valence-corrected chi connectivity index (χ1v) is 9.19. The van der Waals surface area contributed by atoms with Crippen molar-refractivity contribution in [1.82, 2.24) is 14.7 Å². The second-order valence-electron chi connectivity index (χ2n) is 5.75. The predicted molar refractivity (Wildman–Crippen MR) is 98.5 cm³/mol. The van der Waals surface area contributed by atoms with E-state index in [9.17, 15) is 9.59 Å². The molecular formula is C18H14ClN3O2S. The molecule has 0 spiro atoms. The van der Waals surface area contributed by atoms with Crippen LogP contribution < -0.4 is 10.9 Å². The molecule has 1 N–H and O–H groups in total. The topological polar surface area (TPSA) is 63.5 Å². The van der Waals surface area contributed by atoms with Crippen LogP contribution in [0.4, 0.5) is 0 Å². The number of carbonyl (C=O) groups is 1. The van der Waals surface area contributed by atoms with E-state index in [1.165, 1.54) is 10.6 Å². The number of thioether (sulfide) groups is 1. The number of halogens is 1. The van der Waals surface area contributed by atoms with E-state index in [1.54, 1.807) is 36.2 Å². The quantitative estimate of drug-likeness (QED) is 0.750. The van der Waals surface area contributed by atoms with Crippen molar-refractivity contribution in [3.63, 3.8) is 0 Å². The Kier molecular flexibility index (Phi) is 4.23. The molecule has 3 aromatic rings. The average molecular weight is 372 g/mol. The van der Waals surface area contributed by atoms with Gasteiger partial charge < -0.3 is 5.32 Å². The van der Waals surface area contributed by atoms with Gasteiger partial charge in [-0.25, -0.2) is 4.98 Å². The number of hydrogen-bond acceptors (Lipinski definition) is 4. The van der Waals surface area contributed by atoms with Crippen molar-refractivity contribution in [3.8, 4) is 0 Å². The largest absolute Gasteiger partial charge is 0.345 e. The predicted octanol–water partition coefficient (Wildman–Crippen LogP) is 3.31. The van der Waals surface area contributed by atoms with Crippen LogP contribution in [0.1, 0.15) is 28.4 Å². The van der Waals surface area contributed by atoms with Crippen LogP contribution in [0.25, 0.3) is 5.65 Å². The van der Waals surface area contributed by atoms with E-state index in [0.29, 0.717) is 10.7 Å². The van der Waals surface area contributed by atoms with Gasteiger partial charge in [-0.1, -0.05) is 17.7 Å². The Labute approximate surface area is 153 Å². The summed E-state index contributed by atoms with van der Waals surface area (Å²) >= 11 is 7.84. The van der Waals surface area contributed by atoms with Gasteiger partial charge in [0.25, 0.3) is 11.5 Å². The van der Waals surface area contributed by atoms with Gasteiger partial charge in [0.05, 0.1) is 6.04 Å². The molecule has 126 valence electrons. The van der Waals surface area contributed by atoms with E-state index in [4.69, 9.17) is 11.6 Å². The van der Waals surface area contributed by atoms with E-state index in [2.05, 4.69) is 10.3 Å². The van der Waals surface area contributed by atoms with Crippen molar-refractivity contribution >= 4 is 34.9 Å². The smallest absolute Gasteiger partial charge is 0.270 e. The third-order valence-corrected chi connectivity index (χ3v) is 5.53. The molecule has 2 aromatic heterocycles. The van der Waals surface area contributed by atoms with E-state index in [0.717, 1.165) is 22.6 Å². The third kappa shape index (κ3) is 3.03. The van der Waals surface area contributed by atoms with E-state index < -0.39 is 5.91 Å². The number of nitrogens with zero attached hydrogens (tertiary/aromatic N) is 2. The third-order valence-electron chi connectivity index (χ3n) is 4.17. The molecule has 0 saturated carbocycles. The molecule has 7 heteroatoms. The minimum Gasteiger partial charge on any atom is -0.345 e. The molecule has 0 saturated heterocycles. The molecule has 1 aromatic carbocycles. The molecule has 4 rings (SSSR count). The average Bonchev–Trinajstić information content (AvgIpc) is 2.62. The summed E-state index contributed by atoms with van der Waals surface area (Å²) in [6.07, 6.45) is 3.73. The first kappa shape index (κ1) is 16.2. The first-order valence-electron chi connectivity index (χ1n) is 7.83. The Hall–Kier alpha value is -2.31. The second-order valence-corrected chi connectivity index (χ2v) is 7.32. The molecule has 0 bridgehead atoms. The number of nitrogens with one attached hydrogen (secondary N) is 1. The van der Waals surface area contributed by atoms with Crippen molar-refractivity contribution in [3.05, 3.63) is 75.3 Å². The molecule has 1 atom stereocenters. The zero-order chi connectivity index (χ0) is 17.4. The maximum Gasteiger partial charge on any atom is 0.270 e. The van der Waals surface area contributed by atoms with Crippen LogP contribution in [0, 0.1) is 0 Å². The number of pyridine rings is 1. The highest BCUT2D eigenvalue weighted by molar-refractivity contribution is 7.99. The fraction of sp³-hybridized carbons (Fsp3) is 0.167. The highest BCUT2D eigenvalue weighted by Gasteiger charge is 2.24. The van der Waals surface area contributed by atoms with Gasteiger partial charge in [-0.05, 0) is 42.3 Å². The molecule has 25 heavy (non-hydrogen) atoms. The Morgan fingerprint density at radius 2 is 2.20 bits per heavy atom. The molecule has 1 aliphatic rings.